The molecular weight excluding hydrogens is 280 g/mol. The van der Waals surface area contributed by atoms with E-state index in [-0.39, 0.29) is 5.92 Å². The molecule has 2 aromatic rings. The molecule has 1 aromatic carbocycles. The smallest absolute Gasteiger partial charge is 0.148 e. The van der Waals surface area contributed by atoms with Crippen LogP contribution in [0.15, 0.2) is 33.2 Å². The second-order valence-electron chi connectivity index (χ2n) is 4.33. The molecule has 0 saturated carbocycles. The van der Waals surface area contributed by atoms with Crippen LogP contribution >= 0.6 is 15.9 Å². The minimum Gasteiger partial charge on any atom is -0.457 e. The van der Waals surface area contributed by atoms with E-state index in [1.807, 2.05) is 24.3 Å². The van der Waals surface area contributed by atoms with Gasteiger partial charge in [0.2, 0.25) is 0 Å². The van der Waals surface area contributed by atoms with Crippen LogP contribution in [0.25, 0.3) is 11.0 Å². The lowest BCUT2D eigenvalue weighted by Gasteiger charge is -2.17. The lowest BCUT2D eigenvalue weighted by atomic mass is 9.95. The summed E-state index contributed by atoms with van der Waals surface area (Å²) in [5.41, 5.74) is 0.813. The fourth-order valence-corrected chi connectivity index (χ4v) is 2.62. The van der Waals surface area contributed by atoms with E-state index in [1.54, 1.807) is 0 Å². The number of benzene rings is 1. The number of halogens is 1. The molecule has 0 aliphatic heterocycles. The molecule has 1 heterocycles. The topological polar surface area (TPSA) is 33.4 Å². The van der Waals surface area contributed by atoms with Crippen molar-refractivity contribution in [3.63, 3.8) is 0 Å². The molecule has 2 nitrogen and oxygen atoms in total. The lowest BCUT2D eigenvalue weighted by molar-refractivity contribution is 0.0830. The normalized spacial score (nSPS) is 13.5. The first-order chi connectivity index (χ1) is 8.17. The van der Waals surface area contributed by atoms with Crippen molar-refractivity contribution in [1.82, 2.24) is 0 Å². The Balaban J connectivity index is 2.39. The van der Waals surface area contributed by atoms with Gasteiger partial charge in [0, 0.05) is 5.39 Å². The van der Waals surface area contributed by atoms with Crippen LogP contribution in [0.1, 0.15) is 38.6 Å². The molecule has 2 rings (SSSR count). The molecule has 17 heavy (non-hydrogen) atoms. The van der Waals surface area contributed by atoms with Crippen LogP contribution in [0.3, 0.4) is 0 Å². The zero-order valence-electron chi connectivity index (χ0n) is 10.1. The molecule has 92 valence electrons. The van der Waals surface area contributed by atoms with Gasteiger partial charge in [-0.1, -0.05) is 38.8 Å². The SMILES string of the molecule is CCC(CC)C(O)c1cc2cccc(Br)c2o1. The first-order valence-electron chi connectivity index (χ1n) is 6.03. The minimum absolute atomic E-state index is 0.259. The van der Waals surface area contributed by atoms with Crippen molar-refractivity contribution in [2.75, 3.05) is 0 Å². The molecular formula is C14H17BrO2. The summed E-state index contributed by atoms with van der Waals surface area (Å²) in [6.45, 7) is 4.19. The van der Waals surface area contributed by atoms with E-state index in [0.29, 0.717) is 5.76 Å². The minimum atomic E-state index is -0.510. The third-order valence-corrected chi connectivity index (χ3v) is 3.93. The number of fused-ring (bicyclic) bond motifs is 1. The maximum absolute atomic E-state index is 10.3. The average Bonchev–Trinajstić information content (AvgIpc) is 2.76. The first kappa shape index (κ1) is 12.7. The highest BCUT2D eigenvalue weighted by molar-refractivity contribution is 9.10. The van der Waals surface area contributed by atoms with Gasteiger partial charge < -0.3 is 9.52 Å². The molecule has 0 aliphatic rings. The van der Waals surface area contributed by atoms with Crippen LogP contribution in [0.2, 0.25) is 0 Å². The van der Waals surface area contributed by atoms with Gasteiger partial charge in [-0.15, -0.1) is 0 Å². The van der Waals surface area contributed by atoms with Gasteiger partial charge in [0.15, 0.2) is 0 Å². The van der Waals surface area contributed by atoms with Gasteiger partial charge >= 0.3 is 0 Å². The Kier molecular flexibility index (Phi) is 3.89. The Bertz CT molecular complexity index is 500. The van der Waals surface area contributed by atoms with E-state index in [0.717, 1.165) is 28.3 Å². The summed E-state index contributed by atoms with van der Waals surface area (Å²) in [5, 5.41) is 11.3. The highest BCUT2D eigenvalue weighted by atomic mass is 79.9. The van der Waals surface area contributed by atoms with Crippen LogP contribution in [0, 0.1) is 5.92 Å². The number of para-hydroxylation sites is 1. The molecule has 0 saturated heterocycles. The monoisotopic (exact) mass is 296 g/mol. The van der Waals surface area contributed by atoms with Gasteiger partial charge in [-0.2, -0.15) is 0 Å². The molecule has 0 fully saturated rings. The van der Waals surface area contributed by atoms with Gasteiger partial charge in [0.05, 0.1) is 4.47 Å². The Morgan fingerprint density at radius 2 is 2.00 bits per heavy atom. The van der Waals surface area contributed by atoms with Crippen LogP contribution < -0.4 is 0 Å². The second-order valence-corrected chi connectivity index (χ2v) is 5.18. The molecule has 0 bridgehead atoms. The van der Waals surface area contributed by atoms with Crippen molar-refractivity contribution < 1.29 is 9.52 Å². The highest BCUT2D eigenvalue weighted by Gasteiger charge is 2.21. The van der Waals surface area contributed by atoms with Crippen molar-refractivity contribution in [2.24, 2.45) is 5.92 Å². The summed E-state index contributed by atoms with van der Waals surface area (Å²) < 4.78 is 6.68. The van der Waals surface area contributed by atoms with Crippen molar-refractivity contribution in [3.05, 3.63) is 34.5 Å². The third kappa shape index (κ3) is 2.40. The van der Waals surface area contributed by atoms with Crippen molar-refractivity contribution >= 4 is 26.9 Å². The van der Waals surface area contributed by atoms with Crippen LogP contribution in [0.5, 0.6) is 0 Å². The fourth-order valence-electron chi connectivity index (χ4n) is 2.16. The van der Waals surface area contributed by atoms with E-state index in [4.69, 9.17) is 4.42 Å². The van der Waals surface area contributed by atoms with Crippen LogP contribution in [0.4, 0.5) is 0 Å². The average molecular weight is 297 g/mol. The first-order valence-corrected chi connectivity index (χ1v) is 6.82. The summed E-state index contributed by atoms with van der Waals surface area (Å²) in [5.74, 6) is 0.926. The van der Waals surface area contributed by atoms with Crippen LogP contribution in [-0.4, -0.2) is 5.11 Å². The molecule has 3 heteroatoms. The zero-order valence-corrected chi connectivity index (χ0v) is 11.7. The number of hydrogen-bond donors (Lipinski definition) is 1. The molecule has 1 N–H and O–H groups in total. The summed E-state index contributed by atoms with van der Waals surface area (Å²) in [6.07, 6.45) is 1.40. The van der Waals surface area contributed by atoms with E-state index < -0.39 is 6.10 Å². The number of aliphatic hydroxyl groups is 1. The summed E-state index contributed by atoms with van der Waals surface area (Å²) in [7, 11) is 0. The molecule has 0 spiro atoms. The van der Waals surface area contributed by atoms with Gasteiger partial charge in [0.25, 0.3) is 0 Å². The predicted molar refractivity (Wildman–Crippen MR) is 72.9 cm³/mol. The maximum Gasteiger partial charge on any atom is 0.148 e. The maximum atomic E-state index is 10.3. The molecule has 0 amide bonds. The molecule has 1 atom stereocenters. The van der Waals surface area contributed by atoms with Gasteiger partial charge in [0.1, 0.15) is 17.4 Å². The Hall–Kier alpha value is -0.800. The fraction of sp³-hybridized carbons (Fsp3) is 0.429. The molecule has 1 aromatic heterocycles. The summed E-state index contributed by atoms with van der Waals surface area (Å²) in [4.78, 5) is 0. The van der Waals surface area contributed by atoms with E-state index in [2.05, 4.69) is 29.8 Å². The van der Waals surface area contributed by atoms with E-state index in [9.17, 15) is 5.11 Å². The third-order valence-electron chi connectivity index (χ3n) is 3.30. The highest BCUT2D eigenvalue weighted by Crippen LogP contribution is 2.33. The Labute approximate surface area is 110 Å². The van der Waals surface area contributed by atoms with Gasteiger partial charge in [-0.05, 0) is 34.0 Å². The van der Waals surface area contributed by atoms with Gasteiger partial charge in [-0.3, -0.25) is 0 Å². The lowest BCUT2D eigenvalue weighted by Crippen LogP contribution is -2.09. The molecule has 0 radical (unpaired) electrons. The number of hydrogen-bond acceptors (Lipinski definition) is 2. The molecule has 0 aliphatic carbocycles. The standard InChI is InChI=1S/C14H17BrO2/c1-3-9(4-2)13(16)12-8-10-6-5-7-11(15)14(10)17-12/h5-9,13,16H,3-4H2,1-2H3. The summed E-state index contributed by atoms with van der Waals surface area (Å²) in [6, 6.07) is 7.84. The number of furan rings is 1. The largest absolute Gasteiger partial charge is 0.457 e. The number of rotatable bonds is 4. The van der Waals surface area contributed by atoms with Gasteiger partial charge in [-0.25, -0.2) is 0 Å². The predicted octanol–water partition coefficient (Wildman–Crippen LogP) is 4.66. The van der Waals surface area contributed by atoms with Crippen molar-refractivity contribution in [1.29, 1.82) is 0 Å². The van der Waals surface area contributed by atoms with E-state index >= 15 is 0 Å². The zero-order chi connectivity index (χ0) is 12.4. The summed E-state index contributed by atoms with van der Waals surface area (Å²) >= 11 is 3.46. The van der Waals surface area contributed by atoms with E-state index in [1.165, 1.54) is 0 Å². The Morgan fingerprint density at radius 3 is 2.59 bits per heavy atom. The Morgan fingerprint density at radius 1 is 1.29 bits per heavy atom. The van der Waals surface area contributed by atoms with Crippen LogP contribution in [-0.2, 0) is 0 Å². The second kappa shape index (κ2) is 5.23. The van der Waals surface area contributed by atoms with Crippen molar-refractivity contribution in [2.45, 2.75) is 32.8 Å². The number of aliphatic hydroxyl groups excluding tert-OH is 1. The molecule has 1 unspecified atom stereocenters. The quantitative estimate of drug-likeness (QED) is 0.890. The van der Waals surface area contributed by atoms with Crippen molar-refractivity contribution in [3.8, 4) is 0 Å².